The van der Waals surface area contributed by atoms with Crippen molar-refractivity contribution in [3.63, 3.8) is 0 Å². The standard InChI is InChI=1S/C15H19NO2.C12H20.C5H10O2/c1-2-3-4-5-8-11-16-14(17)12-9-6-7-10-13(12)15(16)18;1-3-5-7-9-11-12-10-8-6-4-2;1-3-5(6)7-4-2/h6-7,9-10H,2-5,8,11H2,1H3;5-8,11-12H,3-4,9-10H2,1-2H3;3-4H2,1-2H3/b;7-5-,8-6-,12-11-;. The van der Waals surface area contributed by atoms with Gasteiger partial charge in [-0.1, -0.05) is 102 Å². The minimum atomic E-state index is -0.133. The van der Waals surface area contributed by atoms with E-state index < -0.39 is 0 Å². The number of allylic oxidation sites excluding steroid dienone is 6. The van der Waals surface area contributed by atoms with Crippen LogP contribution in [0.25, 0.3) is 0 Å². The molecule has 0 bridgehead atoms. The molecule has 0 fully saturated rings. The summed E-state index contributed by atoms with van der Waals surface area (Å²) in [5.41, 5.74) is 1.10. The number of amides is 2. The SMILES string of the molecule is CC/C=C\C/C=C\C/C=C\CC.CCCCCCCN1C(=O)c2ccccc2C1=O.CCOC(=O)CC. The summed E-state index contributed by atoms with van der Waals surface area (Å²) in [5.74, 6) is -0.389. The van der Waals surface area contributed by atoms with Crippen molar-refractivity contribution < 1.29 is 19.1 Å². The van der Waals surface area contributed by atoms with Crippen LogP contribution in [0.15, 0.2) is 60.7 Å². The molecule has 5 heteroatoms. The first-order valence-electron chi connectivity index (χ1n) is 14.0. The van der Waals surface area contributed by atoms with Crippen LogP contribution >= 0.6 is 0 Å². The average Bonchev–Trinajstić information content (AvgIpc) is 3.16. The summed E-state index contributed by atoms with van der Waals surface area (Å²) in [6.07, 6.45) is 23.8. The van der Waals surface area contributed by atoms with Crippen molar-refractivity contribution in [2.45, 2.75) is 98.8 Å². The Hall–Kier alpha value is -2.95. The summed E-state index contributed by atoms with van der Waals surface area (Å²) in [4.78, 5) is 35.6. The fraction of sp³-hybridized carbons (Fsp3) is 0.531. The lowest BCUT2D eigenvalue weighted by molar-refractivity contribution is -0.142. The quantitative estimate of drug-likeness (QED) is 0.109. The van der Waals surface area contributed by atoms with Crippen LogP contribution in [0.4, 0.5) is 0 Å². The highest BCUT2D eigenvalue weighted by atomic mass is 16.5. The number of esters is 1. The number of benzene rings is 1. The Kier molecular flexibility index (Phi) is 21.6. The third kappa shape index (κ3) is 15.7. The van der Waals surface area contributed by atoms with Crippen LogP contribution in [0.3, 0.4) is 0 Å². The molecule has 37 heavy (non-hydrogen) atoms. The lowest BCUT2D eigenvalue weighted by Crippen LogP contribution is -2.30. The van der Waals surface area contributed by atoms with E-state index in [1.54, 1.807) is 38.1 Å². The van der Waals surface area contributed by atoms with Crippen LogP contribution in [0.2, 0.25) is 0 Å². The molecule has 0 unspecified atom stereocenters. The van der Waals surface area contributed by atoms with E-state index in [9.17, 15) is 14.4 Å². The molecule has 206 valence electrons. The Balaban J connectivity index is 0.000000590. The molecule has 5 nitrogen and oxygen atoms in total. The number of hydrogen-bond donors (Lipinski definition) is 0. The lowest BCUT2D eigenvalue weighted by Gasteiger charge is -2.13. The summed E-state index contributed by atoms with van der Waals surface area (Å²) >= 11 is 0. The molecule has 0 radical (unpaired) electrons. The van der Waals surface area contributed by atoms with Crippen molar-refractivity contribution >= 4 is 17.8 Å². The van der Waals surface area contributed by atoms with Crippen molar-refractivity contribution in [1.82, 2.24) is 4.90 Å². The molecular formula is C32H49NO4. The number of nitrogens with zero attached hydrogens (tertiary/aromatic N) is 1. The minimum absolute atomic E-state index is 0.123. The van der Waals surface area contributed by atoms with Gasteiger partial charge in [0.15, 0.2) is 0 Å². The molecule has 0 N–H and O–H groups in total. The Morgan fingerprint density at radius 2 is 1.22 bits per heavy atom. The Morgan fingerprint density at radius 3 is 1.62 bits per heavy atom. The van der Waals surface area contributed by atoms with E-state index in [2.05, 4.69) is 62.0 Å². The third-order valence-electron chi connectivity index (χ3n) is 5.47. The summed E-state index contributed by atoms with van der Waals surface area (Å²) in [5, 5.41) is 0. The maximum atomic E-state index is 12.0. The highest BCUT2D eigenvalue weighted by Crippen LogP contribution is 2.22. The van der Waals surface area contributed by atoms with Gasteiger partial charge in [0.2, 0.25) is 0 Å². The zero-order valence-electron chi connectivity index (χ0n) is 23.8. The van der Waals surface area contributed by atoms with Gasteiger partial charge in [0.1, 0.15) is 0 Å². The smallest absolute Gasteiger partial charge is 0.305 e. The molecule has 1 aliphatic heterocycles. The fourth-order valence-corrected chi connectivity index (χ4v) is 3.45. The van der Waals surface area contributed by atoms with Crippen molar-refractivity contribution in [2.24, 2.45) is 0 Å². The van der Waals surface area contributed by atoms with Gasteiger partial charge >= 0.3 is 5.97 Å². The normalized spacial score (nSPS) is 12.5. The molecule has 0 aromatic heterocycles. The lowest BCUT2D eigenvalue weighted by atomic mass is 10.1. The molecule has 1 aromatic carbocycles. The molecule has 0 spiro atoms. The Labute approximate surface area is 225 Å². The van der Waals surface area contributed by atoms with E-state index in [-0.39, 0.29) is 17.8 Å². The van der Waals surface area contributed by atoms with E-state index in [1.807, 2.05) is 0 Å². The highest BCUT2D eigenvalue weighted by Gasteiger charge is 2.34. The number of ether oxygens (including phenoxy) is 1. The monoisotopic (exact) mass is 511 g/mol. The van der Waals surface area contributed by atoms with E-state index in [4.69, 9.17) is 0 Å². The highest BCUT2D eigenvalue weighted by molar-refractivity contribution is 6.21. The molecule has 2 amide bonds. The zero-order chi connectivity index (χ0) is 27.7. The van der Waals surface area contributed by atoms with Crippen LogP contribution in [0.5, 0.6) is 0 Å². The molecular weight excluding hydrogens is 462 g/mol. The number of rotatable bonds is 14. The van der Waals surface area contributed by atoms with Crippen molar-refractivity contribution in [3.05, 3.63) is 71.8 Å². The largest absolute Gasteiger partial charge is 0.466 e. The summed E-state index contributed by atoms with van der Waals surface area (Å²) in [6.45, 7) is 11.1. The minimum Gasteiger partial charge on any atom is -0.466 e. The number of unbranched alkanes of at least 4 members (excludes halogenated alkanes) is 4. The van der Waals surface area contributed by atoms with Gasteiger partial charge < -0.3 is 4.74 Å². The molecule has 1 aromatic rings. The topological polar surface area (TPSA) is 63.7 Å². The summed E-state index contributed by atoms with van der Waals surface area (Å²) in [6, 6.07) is 7.06. The van der Waals surface area contributed by atoms with Gasteiger partial charge in [-0.3, -0.25) is 19.3 Å². The van der Waals surface area contributed by atoms with Gasteiger partial charge in [-0.05, 0) is 51.2 Å². The first-order valence-corrected chi connectivity index (χ1v) is 14.0. The Bertz CT molecular complexity index is 801. The number of imide groups is 1. The number of carbonyl (C=O) groups is 3. The third-order valence-corrected chi connectivity index (χ3v) is 5.47. The Morgan fingerprint density at radius 1 is 0.730 bits per heavy atom. The second-order valence-corrected chi connectivity index (χ2v) is 8.58. The van der Waals surface area contributed by atoms with Crippen molar-refractivity contribution in [2.75, 3.05) is 13.2 Å². The molecule has 0 saturated carbocycles. The number of fused-ring (bicyclic) bond motifs is 1. The summed E-state index contributed by atoms with van der Waals surface area (Å²) < 4.78 is 4.55. The second kappa shape index (κ2) is 23.4. The molecule has 0 atom stereocenters. The number of carbonyl (C=O) groups excluding carboxylic acids is 3. The van der Waals surface area contributed by atoms with Crippen molar-refractivity contribution in [3.8, 4) is 0 Å². The maximum Gasteiger partial charge on any atom is 0.305 e. The predicted molar refractivity (Wildman–Crippen MR) is 155 cm³/mol. The molecule has 1 aliphatic rings. The van der Waals surface area contributed by atoms with Crippen molar-refractivity contribution in [1.29, 1.82) is 0 Å². The van der Waals surface area contributed by atoms with Crippen LogP contribution in [0, 0.1) is 0 Å². The van der Waals surface area contributed by atoms with E-state index in [0.29, 0.717) is 30.7 Å². The van der Waals surface area contributed by atoms with Gasteiger partial charge in [-0.2, -0.15) is 0 Å². The fourth-order valence-electron chi connectivity index (χ4n) is 3.45. The van der Waals surface area contributed by atoms with Crippen LogP contribution in [0.1, 0.15) is 120 Å². The predicted octanol–water partition coefficient (Wildman–Crippen LogP) is 8.47. The first-order chi connectivity index (χ1) is 18.0. The van der Waals surface area contributed by atoms with Gasteiger partial charge in [0.25, 0.3) is 11.8 Å². The van der Waals surface area contributed by atoms with Gasteiger partial charge in [0, 0.05) is 13.0 Å². The first kappa shape index (κ1) is 34.0. The summed E-state index contributed by atoms with van der Waals surface area (Å²) in [7, 11) is 0. The molecule has 0 saturated heterocycles. The van der Waals surface area contributed by atoms with E-state index >= 15 is 0 Å². The van der Waals surface area contributed by atoms with Crippen LogP contribution < -0.4 is 0 Å². The number of hydrogen-bond acceptors (Lipinski definition) is 4. The zero-order valence-corrected chi connectivity index (χ0v) is 23.8. The molecule has 1 heterocycles. The van der Waals surface area contributed by atoms with Gasteiger partial charge in [-0.15, -0.1) is 0 Å². The van der Waals surface area contributed by atoms with E-state index in [1.165, 1.54) is 24.2 Å². The van der Waals surface area contributed by atoms with E-state index in [0.717, 1.165) is 38.5 Å². The molecule has 0 aliphatic carbocycles. The molecule has 2 rings (SSSR count). The van der Waals surface area contributed by atoms with Crippen LogP contribution in [-0.2, 0) is 9.53 Å². The second-order valence-electron chi connectivity index (χ2n) is 8.58. The van der Waals surface area contributed by atoms with Gasteiger partial charge in [0.05, 0.1) is 17.7 Å². The van der Waals surface area contributed by atoms with Crippen LogP contribution in [-0.4, -0.2) is 35.8 Å². The van der Waals surface area contributed by atoms with Gasteiger partial charge in [-0.25, -0.2) is 0 Å². The maximum absolute atomic E-state index is 12.0. The average molecular weight is 512 g/mol.